The van der Waals surface area contributed by atoms with E-state index in [1.54, 1.807) is 0 Å². The molecule has 0 fully saturated rings. The second-order valence-electron chi connectivity index (χ2n) is 4.65. The van der Waals surface area contributed by atoms with E-state index < -0.39 is 15.8 Å². The van der Waals surface area contributed by atoms with Gasteiger partial charge in [-0.05, 0) is 42.5 Å². The molecule has 5 nitrogen and oxygen atoms in total. The van der Waals surface area contributed by atoms with Crippen molar-refractivity contribution >= 4 is 33.2 Å². The molecule has 2 aromatic carbocycles. The van der Waals surface area contributed by atoms with Crippen LogP contribution in [0.1, 0.15) is 10.4 Å². The van der Waals surface area contributed by atoms with Crippen molar-refractivity contribution in [1.82, 2.24) is 5.32 Å². The predicted octanol–water partition coefficient (Wildman–Crippen LogP) is 2.64. The van der Waals surface area contributed by atoms with Crippen LogP contribution in [0.15, 0.2) is 47.4 Å². The molecule has 1 amide bonds. The van der Waals surface area contributed by atoms with Gasteiger partial charge in [0, 0.05) is 11.3 Å². The molecule has 8 heteroatoms. The van der Waals surface area contributed by atoms with E-state index in [0.717, 1.165) is 18.2 Å². The molecule has 2 N–H and O–H groups in total. The van der Waals surface area contributed by atoms with Crippen LogP contribution in [0.5, 0.6) is 0 Å². The van der Waals surface area contributed by atoms with Crippen LogP contribution in [0, 0.1) is 18.2 Å². The Bertz CT molecular complexity index is 906. The Labute approximate surface area is 143 Å². The van der Waals surface area contributed by atoms with Crippen molar-refractivity contribution < 1.29 is 17.6 Å². The molecule has 0 aromatic heterocycles. The third-order valence-corrected chi connectivity index (χ3v) is 4.62. The van der Waals surface area contributed by atoms with Gasteiger partial charge in [0.25, 0.3) is 15.9 Å². The number of halogens is 2. The Morgan fingerprint density at radius 1 is 1.21 bits per heavy atom. The van der Waals surface area contributed by atoms with E-state index >= 15 is 0 Å². The Morgan fingerprint density at radius 2 is 1.88 bits per heavy atom. The number of rotatable bonds is 5. The van der Waals surface area contributed by atoms with Crippen LogP contribution in [0.4, 0.5) is 10.1 Å². The number of carbonyl (C=O) groups is 1. The second-order valence-corrected chi connectivity index (χ2v) is 6.74. The van der Waals surface area contributed by atoms with E-state index in [9.17, 15) is 17.6 Å². The van der Waals surface area contributed by atoms with Gasteiger partial charge in [0.1, 0.15) is 5.82 Å². The molecule has 0 aliphatic rings. The molecule has 24 heavy (non-hydrogen) atoms. The van der Waals surface area contributed by atoms with Gasteiger partial charge in [-0.25, -0.2) is 12.8 Å². The van der Waals surface area contributed by atoms with Gasteiger partial charge in [-0.2, -0.15) is 0 Å². The summed E-state index contributed by atoms with van der Waals surface area (Å²) in [5.41, 5.74) is 0.571. The summed E-state index contributed by atoms with van der Waals surface area (Å²) in [6.45, 7) is 0.0958. The summed E-state index contributed by atoms with van der Waals surface area (Å²) >= 11 is 5.59. The third kappa shape index (κ3) is 4.25. The summed E-state index contributed by atoms with van der Waals surface area (Å²) in [6, 6.07) is 8.82. The van der Waals surface area contributed by atoms with E-state index in [4.69, 9.17) is 18.0 Å². The average Bonchev–Trinajstić information content (AvgIpc) is 2.55. The highest BCUT2D eigenvalue weighted by Crippen LogP contribution is 2.22. The minimum atomic E-state index is -3.93. The summed E-state index contributed by atoms with van der Waals surface area (Å²) in [4.78, 5) is 11.5. The number of benzene rings is 2. The van der Waals surface area contributed by atoms with Crippen molar-refractivity contribution in [3.63, 3.8) is 0 Å². The molecular formula is C16H12ClFN2O3S. The molecule has 0 saturated heterocycles. The number of nitrogens with one attached hydrogen (secondary N) is 2. The zero-order chi connectivity index (χ0) is 17.7. The molecule has 124 valence electrons. The van der Waals surface area contributed by atoms with Gasteiger partial charge in [-0.15, -0.1) is 6.42 Å². The molecular weight excluding hydrogens is 355 g/mol. The Morgan fingerprint density at radius 3 is 2.46 bits per heavy atom. The van der Waals surface area contributed by atoms with E-state index in [2.05, 4.69) is 16.0 Å². The van der Waals surface area contributed by atoms with Crippen molar-refractivity contribution in [2.75, 3.05) is 11.3 Å². The topological polar surface area (TPSA) is 75.3 Å². The fourth-order valence-corrected chi connectivity index (χ4v) is 3.11. The van der Waals surface area contributed by atoms with Crippen LogP contribution in [0.25, 0.3) is 0 Å². The minimum Gasteiger partial charge on any atom is -0.341 e. The maximum absolute atomic E-state index is 13.1. The van der Waals surface area contributed by atoms with Gasteiger partial charge in [-0.3, -0.25) is 9.52 Å². The normalized spacial score (nSPS) is 10.7. The Kier molecular flexibility index (Phi) is 5.44. The standard InChI is InChI=1S/C16H12ClFN2O3S/c1-2-9-19-16(21)11-3-5-12(6-4-11)20-24(22,23)13-7-8-15(18)14(17)10-13/h1,3-8,10,20H,9H2,(H,19,21). The molecule has 2 aromatic rings. The van der Waals surface area contributed by atoms with Crippen molar-refractivity contribution in [2.45, 2.75) is 4.90 Å². The van der Waals surface area contributed by atoms with Gasteiger partial charge in [0.05, 0.1) is 16.5 Å². The molecule has 0 aliphatic heterocycles. The van der Waals surface area contributed by atoms with E-state index in [-0.39, 0.29) is 28.1 Å². The van der Waals surface area contributed by atoms with Crippen LogP contribution in [-0.4, -0.2) is 20.9 Å². The van der Waals surface area contributed by atoms with Gasteiger partial charge >= 0.3 is 0 Å². The Balaban J connectivity index is 2.17. The molecule has 0 aliphatic carbocycles. The van der Waals surface area contributed by atoms with Crippen LogP contribution >= 0.6 is 11.6 Å². The SMILES string of the molecule is C#CCNC(=O)c1ccc(NS(=O)(=O)c2ccc(F)c(Cl)c2)cc1. The summed E-state index contributed by atoms with van der Waals surface area (Å²) in [6.07, 6.45) is 5.05. The van der Waals surface area contributed by atoms with Crippen LogP contribution < -0.4 is 10.0 Å². The number of anilines is 1. The van der Waals surface area contributed by atoms with Crippen molar-refractivity contribution in [3.05, 3.63) is 58.9 Å². The average molecular weight is 367 g/mol. The smallest absolute Gasteiger partial charge is 0.261 e. The zero-order valence-electron chi connectivity index (χ0n) is 12.2. The van der Waals surface area contributed by atoms with Crippen LogP contribution in [0.2, 0.25) is 5.02 Å². The molecule has 0 heterocycles. The fourth-order valence-electron chi connectivity index (χ4n) is 1.78. The summed E-state index contributed by atoms with van der Waals surface area (Å²) in [5, 5.41) is 2.20. The number of hydrogen-bond acceptors (Lipinski definition) is 3. The lowest BCUT2D eigenvalue weighted by Crippen LogP contribution is -2.23. The molecule has 0 atom stereocenters. The van der Waals surface area contributed by atoms with Crippen LogP contribution in [0.3, 0.4) is 0 Å². The van der Waals surface area contributed by atoms with E-state index in [1.165, 1.54) is 24.3 Å². The number of hydrogen-bond donors (Lipinski definition) is 2. The summed E-state index contributed by atoms with van der Waals surface area (Å²) < 4.78 is 39.9. The highest BCUT2D eigenvalue weighted by Gasteiger charge is 2.16. The van der Waals surface area contributed by atoms with Crippen molar-refractivity contribution in [3.8, 4) is 12.3 Å². The second kappa shape index (κ2) is 7.34. The maximum atomic E-state index is 13.1. The van der Waals surface area contributed by atoms with Crippen molar-refractivity contribution in [2.24, 2.45) is 0 Å². The van der Waals surface area contributed by atoms with Gasteiger partial charge in [0.15, 0.2) is 0 Å². The first-order valence-electron chi connectivity index (χ1n) is 6.63. The monoisotopic (exact) mass is 366 g/mol. The highest BCUT2D eigenvalue weighted by molar-refractivity contribution is 7.92. The number of sulfonamides is 1. The first-order valence-corrected chi connectivity index (χ1v) is 8.49. The number of carbonyl (C=O) groups excluding carboxylic acids is 1. The predicted molar refractivity (Wildman–Crippen MR) is 89.8 cm³/mol. The third-order valence-electron chi connectivity index (χ3n) is 2.95. The maximum Gasteiger partial charge on any atom is 0.261 e. The number of terminal acetylenes is 1. The molecule has 0 spiro atoms. The van der Waals surface area contributed by atoms with Gasteiger partial charge < -0.3 is 5.32 Å². The highest BCUT2D eigenvalue weighted by atomic mass is 35.5. The largest absolute Gasteiger partial charge is 0.341 e. The van der Waals surface area contributed by atoms with Crippen LogP contribution in [-0.2, 0) is 10.0 Å². The van der Waals surface area contributed by atoms with Gasteiger partial charge in [-0.1, -0.05) is 17.5 Å². The van der Waals surface area contributed by atoms with Gasteiger partial charge in [0.2, 0.25) is 0 Å². The zero-order valence-corrected chi connectivity index (χ0v) is 13.8. The lowest BCUT2D eigenvalue weighted by molar-refractivity contribution is 0.0958. The number of amides is 1. The van der Waals surface area contributed by atoms with E-state index in [0.29, 0.717) is 5.56 Å². The minimum absolute atomic E-state index is 0.0958. The first kappa shape index (κ1) is 17.8. The molecule has 0 bridgehead atoms. The Hall–Kier alpha value is -2.56. The summed E-state index contributed by atoms with van der Waals surface area (Å²) in [7, 11) is -3.93. The molecule has 0 saturated carbocycles. The molecule has 2 rings (SSSR count). The quantitative estimate of drug-likeness (QED) is 0.799. The fraction of sp³-hybridized carbons (Fsp3) is 0.0625. The molecule has 0 unspecified atom stereocenters. The first-order chi connectivity index (χ1) is 11.3. The van der Waals surface area contributed by atoms with Crippen molar-refractivity contribution in [1.29, 1.82) is 0 Å². The molecule has 0 radical (unpaired) electrons. The lowest BCUT2D eigenvalue weighted by atomic mass is 10.2. The van der Waals surface area contributed by atoms with E-state index in [1.807, 2.05) is 0 Å². The lowest BCUT2D eigenvalue weighted by Gasteiger charge is -2.09. The summed E-state index contributed by atoms with van der Waals surface area (Å²) in [5.74, 6) is 1.20.